The zero-order chi connectivity index (χ0) is 15.0. The number of aromatic nitrogens is 3. The number of aryl methyl sites for hydroxylation is 2. The van der Waals surface area contributed by atoms with Crippen LogP contribution >= 0.6 is 15.9 Å². The molecule has 5 nitrogen and oxygen atoms in total. The Morgan fingerprint density at radius 2 is 2.19 bits per heavy atom. The van der Waals surface area contributed by atoms with Gasteiger partial charge in [0.1, 0.15) is 11.4 Å². The van der Waals surface area contributed by atoms with Gasteiger partial charge in [0.2, 0.25) is 0 Å². The van der Waals surface area contributed by atoms with Crippen LogP contribution in [0.5, 0.6) is 0 Å². The minimum Gasteiger partial charge on any atom is -0.367 e. The van der Waals surface area contributed by atoms with Crippen LogP contribution in [0, 0.1) is 6.92 Å². The minimum absolute atomic E-state index is 0.352. The average molecular weight is 351 g/mol. The zero-order valence-corrected chi connectivity index (χ0v) is 14.1. The van der Waals surface area contributed by atoms with Crippen molar-refractivity contribution in [3.05, 3.63) is 40.3 Å². The van der Waals surface area contributed by atoms with Gasteiger partial charge >= 0.3 is 0 Å². The molecular weight excluding hydrogens is 332 g/mol. The summed E-state index contributed by atoms with van der Waals surface area (Å²) < 4.78 is 8.89. The topological polar surface area (TPSA) is 43.2 Å². The summed E-state index contributed by atoms with van der Waals surface area (Å²) in [6.07, 6.45) is 5.76. The van der Waals surface area contributed by atoms with E-state index in [0.29, 0.717) is 6.61 Å². The molecule has 0 aromatic carbocycles. The molecular formula is C15H19BrN4O. The summed E-state index contributed by atoms with van der Waals surface area (Å²) in [5.74, 6) is 0.995. The molecule has 3 rings (SSSR count). The summed E-state index contributed by atoms with van der Waals surface area (Å²) in [5.41, 5.74) is 1.94. The maximum atomic E-state index is 6.04. The Kier molecular flexibility index (Phi) is 3.75. The molecule has 6 heteroatoms. The Balaban J connectivity index is 1.86. The summed E-state index contributed by atoms with van der Waals surface area (Å²) in [6, 6.07) is 2.11. The number of ether oxygens (including phenoxy) is 1. The van der Waals surface area contributed by atoms with Crippen molar-refractivity contribution < 1.29 is 4.74 Å². The van der Waals surface area contributed by atoms with Crippen molar-refractivity contribution in [2.24, 2.45) is 7.05 Å². The second kappa shape index (κ2) is 5.42. The molecule has 0 spiro atoms. The lowest BCUT2D eigenvalue weighted by atomic mass is 9.97. The van der Waals surface area contributed by atoms with Crippen molar-refractivity contribution >= 4 is 21.7 Å². The van der Waals surface area contributed by atoms with Gasteiger partial charge in [-0.25, -0.2) is 4.98 Å². The molecule has 3 heterocycles. The first kappa shape index (κ1) is 14.5. The van der Waals surface area contributed by atoms with E-state index in [1.807, 2.05) is 30.3 Å². The van der Waals surface area contributed by atoms with E-state index in [-0.39, 0.29) is 5.60 Å². The van der Waals surface area contributed by atoms with Crippen molar-refractivity contribution in [1.82, 2.24) is 14.8 Å². The fraction of sp³-hybridized carbons (Fsp3) is 0.467. The van der Waals surface area contributed by atoms with Crippen LogP contribution in [0.3, 0.4) is 0 Å². The predicted octanol–water partition coefficient (Wildman–Crippen LogP) is 2.64. The monoisotopic (exact) mass is 350 g/mol. The molecule has 0 aliphatic carbocycles. The van der Waals surface area contributed by atoms with Gasteiger partial charge in [0.15, 0.2) is 0 Å². The number of hydrogen-bond donors (Lipinski definition) is 0. The molecule has 0 amide bonds. The van der Waals surface area contributed by atoms with Gasteiger partial charge < -0.3 is 9.64 Å². The van der Waals surface area contributed by atoms with Crippen molar-refractivity contribution in [2.45, 2.75) is 19.4 Å². The molecule has 21 heavy (non-hydrogen) atoms. The molecule has 1 unspecified atom stereocenters. The van der Waals surface area contributed by atoms with Gasteiger partial charge in [-0.05, 0) is 41.4 Å². The highest BCUT2D eigenvalue weighted by atomic mass is 79.9. The third-order valence-corrected chi connectivity index (χ3v) is 4.78. The molecule has 1 aliphatic rings. The van der Waals surface area contributed by atoms with Crippen LogP contribution in [0.4, 0.5) is 5.82 Å². The van der Waals surface area contributed by atoms with Crippen LogP contribution in [-0.2, 0) is 17.4 Å². The summed E-state index contributed by atoms with van der Waals surface area (Å²) in [4.78, 5) is 6.80. The van der Waals surface area contributed by atoms with E-state index in [2.05, 4.69) is 50.8 Å². The number of pyridine rings is 1. The smallest absolute Gasteiger partial charge is 0.129 e. The van der Waals surface area contributed by atoms with E-state index in [1.165, 1.54) is 5.56 Å². The highest BCUT2D eigenvalue weighted by Gasteiger charge is 2.35. The van der Waals surface area contributed by atoms with Crippen LogP contribution in [0.25, 0.3) is 0 Å². The van der Waals surface area contributed by atoms with Crippen molar-refractivity contribution in [3.63, 3.8) is 0 Å². The number of nitrogens with zero attached hydrogens (tertiary/aromatic N) is 4. The predicted molar refractivity (Wildman–Crippen MR) is 85.4 cm³/mol. The van der Waals surface area contributed by atoms with Gasteiger partial charge in [0, 0.05) is 36.0 Å². The fourth-order valence-corrected chi connectivity index (χ4v) is 2.85. The molecule has 0 bridgehead atoms. The highest BCUT2D eigenvalue weighted by Crippen LogP contribution is 2.31. The largest absolute Gasteiger partial charge is 0.367 e. The molecule has 0 N–H and O–H groups in total. The van der Waals surface area contributed by atoms with E-state index in [1.54, 1.807) is 0 Å². The van der Waals surface area contributed by atoms with E-state index < -0.39 is 0 Å². The van der Waals surface area contributed by atoms with Crippen molar-refractivity contribution in [3.8, 4) is 0 Å². The van der Waals surface area contributed by atoms with Gasteiger partial charge in [-0.15, -0.1) is 0 Å². The summed E-state index contributed by atoms with van der Waals surface area (Å²) in [6.45, 7) is 6.50. The molecule has 112 valence electrons. The number of morpholine rings is 1. The number of anilines is 1. The first-order valence-electron chi connectivity index (χ1n) is 6.98. The molecule has 1 saturated heterocycles. The van der Waals surface area contributed by atoms with Gasteiger partial charge in [0.25, 0.3) is 0 Å². The Labute approximate surface area is 133 Å². The van der Waals surface area contributed by atoms with Crippen molar-refractivity contribution in [2.75, 3.05) is 24.6 Å². The van der Waals surface area contributed by atoms with E-state index >= 15 is 0 Å². The maximum Gasteiger partial charge on any atom is 0.129 e. The highest BCUT2D eigenvalue weighted by molar-refractivity contribution is 9.10. The zero-order valence-electron chi connectivity index (χ0n) is 12.5. The first-order chi connectivity index (χ1) is 9.98. The third kappa shape index (κ3) is 2.82. The lowest BCUT2D eigenvalue weighted by Crippen LogP contribution is -2.48. The van der Waals surface area contributed by atoms with Gasteiger partial charge in [0.05, 0.1) is 19.3 Å². The Bertz CT molecular complexity index is 657. The van der Waals surface area contributed by atoms with E-state index in [0.717, 1.165) is 28.9 Å². The molecule has 1 atom stereocenters. The number of rotatable bonds is 2. The SMILES string of the molecule is Cc1cc(N2CCOC(C)(c3cnn(C)c3)C2)ncc1Br. The quantitative estimate of drug-likeness (QED) is 0.834. The Morgan fingerprint density at radius 1 is 1.38 bits per heavy atom. The van der Waals surface area contributed by atoms with Gasteiger partial charge in [-0.2, -0.15) is 5.10 Å². The van der Waals surface area contributed by atoms with E-state index in [4.69, 9.17) is 4.74 Å². The van der Waals surface area contributed by atoms with Crippen LogP contribution in [0.2, 0.25) is 0 Å². The molecule has 1 aliphatic heterocycles. The number of hydrogen-bond acceptors (Lipinski definition) is 4. The summed E-state index contributed by atoms with van der Waals surface area (Å²) >= 11 is 3.50. The van der Waals surface area contributed by atoms with E-state index in [9.17, 15) is 0 Å². The molecule has 0 saturated carbocycles. The standard InChI is InChI=1S/C15H19BrN4O/c1-11-6-14(17-8-13(11)16)20-4-5-21-15(2,10-20)12-7-18-19(3)9-12/h6-9H,4-5,10H2,1-3H3. The van der Waals surface area contributed by atoms with Gasteiger partial charge in [-0.1, -0.05) is 0 Å². The first-order valence-corrected chi connectivity index (χ1v) is 7.77. The second-order valence-corrected chi connectivity index (χ2v) is 6.55. The normalized spacial score (nSPS) is 22.6. The third-order valence-electron chi connectivity index (χ3n) is 3.95. The number of halogens is 1. The van der Waals surface area contributed by atoms with Gasteiger partial charge in [-0.3, -0.25) is 4.68 Å². The Hall–Kier alpha value is -1.40. The molecule has 2 aromatic heterocycles. The molecule has 0 radical (unpaired) electrons. The van der Waals surface area contributed by atoms with Crippen molar-refractivity contribution in [1.29, 1.82) is 0 Å². The average Bonchev–Trinajstić information content (AvgIpc) is 2.89. The molecule has 1 fully saturated rings. The summed E-state index contributed by atoms with van der Waals surface area (Å²) in [7, 11) is 1.92. The lowest BCUT2D eigenvalue weighted by molar-refractivity contribution is -0.0468. The summed E-state index contributed by atoms with van der Waals surface area (Å²) in [5, 5.41) is 4.26. The fourth-order valence-electron chi connectivity index (χ4n) is 2.63. The van der Waals surface area contributed by atoms with Crippen LogP contribution in [0.15, 0.2) is 29.1 Å². The minimum atomic E-state index is -0.352. The van der Waals surface area contributed by atoms with Crippen LogP contribution < -0.4 is 4.90 Å². The second-order valence-electron chi connectivity index (χ2n) is 5.70. The lowest BCUT2D eigenvalue weighted by Gasteiger charge is -2.40. The van der Waals surface area contributed by atoms with Crippen LogP contribution in [0.1, 0.15) is 18.1 Å². The van der Waals surface area contributed by atoms with Crippen LogP contribution in [-0.4, -0.2) is 34.5 Å². The molecule has 2 aromatic rings. The Morgan fingerprint density at radius 3 is 2.86 bits per heavy atom. The maximum absolute atomic E-state index is 6.04.